The summed E-state index contributed by atoms with van der Waals surface area (Å²) in [6, 6.07) is 6.99. The molecule has 1 heterocycles. The Morgan fingerprint density at radius 1 is 1.47 bits per heavy atom. The first-order chi connectivity index (χ1) is 9.15. The molecule has 19 heavy (non-hydrogen) atoms. The highest BCUT2D eigenvalue weighted by molar-refractivity contribution is 7.09. The fourth-order valence-electron chi connectivity index (χ4n) is 1.74. The van der Waals surface area contributed by atoms with Crippen LogP contribution in [-0.2, 0) is 6.42 Å². The van der Waals surface area contributed by atoms with Crippen molar-refractivity contribution in [3.8, 4) is 0 Å². The number of aryl methyl sites for hydroxylation is 2. The Morgan fingerprint density at radius 3 is 3.00 bits per heavy atom. The summed E-state index contributed by atoms with van der Waals surface area (Å²) in [4.78, 5) is 16.2. The molecule has 100 valence electrons. The van der Waals surface area contributed by atoms with Crippen molar-refractivity contribution < 1.29 is 4.79 Å². The number of nitrogens with one attached hydrogen (secondary N) is 1. The van der Waals surface area contributed by atoms with E-state index in [1.165, 1.54) is 0 Å². The van der Waals surface area contributed by atoms with Crippen LogP contribution in [0.5, 0.6) is 0 Å². The molecular formula is C14H17N3OS. The molecule has 0 saturated heterocycles. The van der Waals surface area contributed by atoms with Crippen LogP contribution >= 0.6 is 11.3 Å². The molecule has 0 bridgehead atoms. The van der Waals surface area contributed by atoms with Crippen molar-refractivity contribution in [2.45, 2.75) is 19.8 Å². The molecule has 2 aromatic rings. The normalized spacial score (nSPS) is 10.4. The third-order valence-corrected chi connectivity index (χ3v) is 3.69. The van der Waals surface area contributed by atoms with E-state index < -0.39 is 0 Å². The van der Waals surface area contributed by atoms with Crippen molar-refractivity contribution in [1.29, 1.82) is 0 Å². The number of hydrogen-bond donors (Lipinski definition) is 2. The molecule has 0 fully saturated rings. The van der Waals surface area contributed by atoms with E-state index in [0.29, 0.717) is 17.8 Å². The van der Waals surface area contributed by atoms with Gasteiger partial charge in [-0.1, -0.05) is 6.07 Å². The SMILES string of the molecule is Cc1csc(CCCNC(=O)c2cccc(N)c2)n1. The van der Waals surface area contributed by atoms with Crippen molar-refractivity contribution in [3.63, 3.8) is 0 Å². The van der Waals surface area contributed by atoms with Crippen LogP contribution in [0.15, 0.2) is 29.6 Å². The number of amides is 1. The van der Waals surface area contributed by atoms with Crippen LogP contribution in [0.25, 0.3) is 0 Å². The van der Waals surface area contributed by atoms with Gasteiger partial charge in [-0.15, -0.1) is 11.3 Å². The summed E-state index contributed by atoms with van der Waals surface area (Å²) < 4.78 is 0. The van der Waals surface area contributed by atoms with E-state index in [2.05, 4.69) is 10.3 Å². The number of aromatic nitrogens is 1. The predicted octanol–water partition coefficient (Wildman–Crippen LogP) is 2.40. The van der Waals surface area contributed by atoms with Crippen LogP contribution in [0.2, 0.25) is 0 Å². The lowest BCUT2D eigenvalue weighted by atomic mass is 10.2. The molecule has 5 heteroatoms. The molecule has 1 aromatic carbocycles. The Hall–Kier alpha value is -1.88. The molecule has 0 aliphatic heterocycles. The fourth-order valence-corrected chi connectivity index (χ4v) is 2.56. The predicted molar refractivity (Wildman–Crippen MR) is 78.4 cm³/mol. The molecule has 2 rings (SSSR count). The number of anilines is 1. The molecule has 0 unspecified atom stereocenters. The highest BCUT2D eigenvalue weighted by atomic mass is 32.1. The molecular weight excluding hydrogens is 258 g/mol. The van der Waals surface area contributed by atoms with Gasteiger partial charge in [-0.05, 0) is 31.5 Å². The Labute approximate surface area is 116 Å². The number of thiazole rings is 1. The molecule has 3 N–H and O–H groups in total. The van der Waals surface area contributed by atoms with Crippen LogP contribution in [0.4, 0.5) is 5.69 Å². The molecule has 0 spiro atoms. The Morgan fingerprint density at radius 2 is 2.32 bits per heavy atom. The first-order valence-electron chi connectivity index (χ1n) is 6.20. The molecule has 0 aliphatic rings. The first-order valence-corrected chi connectivity index (χ1v) is 7.08. The summed E-state index contributed by atoms with van der Waals surface area (Å²) in [5.41, 5.74) is 7.91. The van der Waals surface area contributed by atoms with E-state index in [1.54, 1.807) is 35.6 Å². The van der Waals surface area contributed by atoms with Crippen LogP contribution < -0.4 is 11.1 Å². The first kappa shape index (κ1) is 13.5. The summed E-state index contributed by atoms with van der Waals surface area (Å²) >= 11 is 1.67. The minimum atomic E-state index is -0.0809. The highest BCUT2D eigenvalue weighted by Crippen LogP contribution is 2.10. The lowest BCUT2D eigenvalue weighted by molar-refractivity contribution is 0.0953. The average molecular weight is 275 g/mol. The maximum atomic E-state index is 11.8. The van der Waals surface area contributed by atoms with Crippen molar-refractivity contribution in [1.82, 2.24) is 10.3 Å². The summed E-state index contributed by atoms with van der Waals surface area (Å²) in [5.74, 6) is -0.0809. The summed E-state index contributed by atoms with van der Waals surface area (Å²) in [6.07, 6.45) is 1.79. The molecule has 1 amide bonds. The van der Waals surface area contributed by atoms with Gasteiger partial charge in [0.1, 0.15) is 0 Å². The molecule has 0 atom stereocenters. The van der Waals surface area contributed by atoms with Gasteiger partial charge in [-0.2, -0.15) is 0 Å². The van der Waals surface area contributed by atoms with Gasteiger partial charge in [-0.3, -0.25) is 4.79 Å². The number of carbonyl (C=O) groups excluding carboxylic acids is 1. The van der Waals surface area contributed by atoms with Gasteiger partial charge in [0.2, 0.25) is 0 Å². The van der Waals surface area contributed by atoms with E-state index in [0.717, 1.165) is 23.5 Å². The lowest BCUT2D eigenvalue weighted by Crippen LogP contribution is -2.24. The maximum absolute atomic E-state index is 11.8. The molecule has 4 nitrogen and oxygen atoms in total. The standard InChI is InChI=1S/C14H17N3OS/c1-10-9-19-13(17-10)6-3-7-16-14(18)11-4-2-5-12(15)8-11/h2,4-5,8-9H,3,6-7,15H2,1H3,(H,16,18). The van der Waals surface area contributed by atoms with Crippen LogP contribution in [0.3, 0.4) is 0 Å². The second-order valence-corrected chi connectivity index (χ2v) is 5.31. The zero-order valence-electron chi connectivity index (χ0n) is 10.8. The third kappa shape index (κ3) is 4.06. The zero-order valence-corrected chi connectivity index (χ0v) is 11.7. The Bertz CT molecular complexity index is 565. The minimum absolute atomic E-state index is 0.0809. The molecule has 0 radical (unpaired) electrons. The van der Waals surface area contributed by atoms with Gasteiger partial charge in [0.05, 0.1) is 5.01 Å². The molecule has 0 saturated carbocycles. The number of carbonyl (C=O) groups is 1. The lowest BCUT2D eigenvalue weighted by Gasteiger charge is -2.05. The van der Waals surface area contributed by atoms with Crippen molar-refractivity contribution in [2.75, 3.05) is 12.3 Å². The van der Waals surface area contributed by atoms with E-state index in [-0.39, 0.29) is 5.91 Å². The number of nitrogens with two attached hydrogens (primary N) is 1. The van der Waals surface area contributed by atoms with Crippen LogP contribution in [0, 0.1) is 6.92 Å². The van der Waals surface area contributed by atoms with E-state index in [1.807, 2.05) is 12.3 Å². The summed E-state index contributed by atoms with van der Waals surface area (Å²) in [7, 11) is 0. The smallest absolute Gasteiger partial charge is 0.251 e. The quantitative estimate of drug-likeness (QED) is 0.650. The monoisotopic (exact) mass is 275 g/mol. The van der Waals surface area contributed by atoms with E-state index in [9.17, 15) is 4.79 Å². The number of nitrogen functional groups attached to an aromatic ring is 1. The van der Waals surface area contributed by atoms with Crippen LogP contribution in [-0.4, -0.2) is 17.4 Å². The largest absolute Gasteiger partial charge is 0.399 e. The van der Waals surface area contributed by atoms with Crippen molar-refractivity contribution in [3.05, 3.63) is 45.9 Å². The number of benzene rings is 1. The number of hydrogen-bond acceptors (Lipinski definition) is 4. The highest BCUT2D eigenvalue weighted by Gasteiger charge is 2.05. The Kier molecular flexibility index (Phi) is 4.52. The summed E-state index contributed by atoms with van der Waals surface area (Å²) in [5, 5.41) is 6.05. The average Bonchev–Trinajstić information content (AvgIpc) is 2.80. The van der Waals surface area contributed by atoms with Gasteiger partial charge < -0.3 is 11.1 Å². The van der Waals surface area contributed by atoms with Crippen molar-refractivity contribution in [2.24, 2.45) is 0 Å². The fraction of sp³-hybridized carbons (Fsp3) is 0.286. The molecule has 0 aliphatic carbocycles. The van der Waals surface area contributed by atoms with E-state index >= 15 is 0 Å². The van der Waals surface area contributed by atoms with Gasteiger partial charge in [0, 0.05) is 35.3 Å². The summed E-state index contributed by atoms with van der Waals surface area (Å²) in [6.45, 7) is 2.63. The number of rotatable bonds is 5. The van der Waals surface area contributed by atoms with Crippen LogP contribution in [0.1, 0.15) is 27.5 Å². The van der Waals surface area contributed by atoms with Crippen molar-refractivity contribution >= 4 is 22.9 Å². The molecule has 1 aromatic heterocycles. The second-order valence-electron chi connectivity index (χ2n) is 4.37. The Balaban J connectivity index is 1.75. The maximum Gasteiger partial charge on any atom is 0.251 e. The number of nitrogens with zero attached hydrogens (tertiary/aromatic N) is 1. The minimum Gasteiger partial charge on any atom is -0.399 e. The van der Waals surface area contributed by atoms with Gasteiger partial charge in [0.15, 0.2) is 0 Å². The van der Waals surface area contributed by atoms with Gasteiger partial charge in [-0.25, -0.2) is 4.98 Å². The zero-order chi connectivity index (χ0) is 13.7. The third-order valence-electron chi connectivity index (χ3n) is 2.67. The van der Waals surface area contributed by atoms with Gasteiger partial charge >= 0.3 is 0 Å². The topological polar surface area (TPSA) is 68.0 Å². The van der Waals surface area contributed by atoms with Gasteiger partial charge in [0.25, 0.3) is 5.91 Å². The second kappa shape index (κ2) is 6.33. The van der Waals surface area contributed by atoms with E-state index in [4.69, 9.17) is 5.73 Å².